The van der Waals surface area contributed by atoms with Gasteiger partial charge in [0, 0.05) is 10.0 Å². The molecule has 0 heterocycles. The van der Waals surface area contributed by atoms with Crippen molar-refractivity contribution in [3.63, 3.8) is 0 Å². The monoisotopic (exact) mass is 337 g/mol. The Hall–Kier alpha value is -1.71. The van der Waals surface area contributed by atoms with Crippen LogP contribution in [0.3, 0.4) is 0 Å². The molecule has 1 unspecified atom stereocenters. The van der Waals surface area contributed by atoms with Gasteiger partial charge < -0.3 is 10.1 Å². The quantitative estimate of drug-likeness (QED) is 0.876. The smallest absolute Gasteiger partial charge is 0.224 e. The van der Waals surface area contributed by atoms with Gasteiger partial charge in [-0.25, -0.2) is 0 Å². The lowest BCUT2D eigenvalue weighted by molar-refractivity contribution is -0.121. The van der Waals surface area contributed by atoms with Gasteiger partial charge in [-0.15, -0.1) is 0 Å². The van der Waals surface area contributed by atoms with E-state index in [9.17, 15) is 4.79 Å². The van der Waals surface area contributed by atoms with E-state index >= 15 is 0 Å². The van der Waals surface area contributed by atoms with Crippen molar-refractivity contribution in [2.45, 2.75) is 19.4 Å². The molecule has 0 aliphatic rings. The van der Waals surface area contributed by atoms with Crippen molar-refractivity contribution in [3.8, 4) is 5.75 Å². The van der Waals surface area contributed by atoms with Crippen LogP contribution in [0.1, 0.15) is 24.1 Å². The van der Waals surface area contributed by atoms with Gasteiger partial charge in [0.15, 0.2) is 0 Å². The summed E-state index contributed by atoms with van der Waals surface area (Å²) in [7, 11) is 1.61. The number of amides is 1. The standard InChI is InChI=1S/C17H17Cl2NO2/c1-11(15-8-5-13(18)10-16(15)19)20-17(21)9-12-3-6-14(22-2)7-4-12/h3-8,10-11H,9H2,1-2H3,(H,20,21). The molecule has 116 valence electrons. The minimum atomic E-state index is -0.185. The first-order valence-corrected chi connectivity index (χ1v) is 7.62. The van der Waals surface area contributed by atoms with Crippen LogP contribution in [0.25, 0.3) is 0 Å². The lowest BCUT2D eigenvalue weighted by Gasteiger charge is -2.16. The minimum absolute atomic E-state index is 0.0660. The van der Waals surface area contributed by atoms with E-state index in [1.165, 1.54) is 0 Å². The Labute approximate surface area is 140 Å². The predicted molar refractivity (Wildman–Crippen MR) is 89.7 cm³/mol. The third-order valence-corrected chi connectivity index (χ3v) is 3.89. The molecule has 22 heavy (non-hydrogen) atoms. The maximum absolute atomic E-state index is 12.1. The number of nitrogens with one attached hydrogen (secondary N) is 1. The number of ether oxygens (including phenoxy) is 1. The summed E-state index contributed by atoms with van der Waals surface area (Å²) < 4.78 is 5.09. The Morgan fingerprint density at radius 1 is 1.18 bits per heavy atom. The van der Waals surface area contributed by atoms with E-state index in [4.69, 9.17) is 27.9 Å². The number of carbonyl (C=O) groups is 1. The first-order chi connectivity index (χ1) is 10.5. The first-order valence-electron chi connectivity index (χ1n) is 6.87. The Bertz CT molecular complexity index is 656. The normalized spacial score (nSPS) is 11.8. The maximum Gasteiger partial charge on any atom is 0.224 e. The van der Waals surface area contributed by atoms with Crippen molar-refractivity contribution in [1.29, 1.82) is 0 Å². The van der Waals surface area contributed by atoms with Crippen LogP contribution in [0.4, 0.5) is 0 Å². The average molecular weight is 338 g/mol. The summed E-state index contributed by atoms with van der Waals surface area (Å²) in [5.41, 5.74) is 1.77. The van der Waals surface area contributed by atoms with Crippen LogP contribution in [-0.2, 0) is 11.2 Å². The van der Waals surface area contributed by atoms with Gasteiger partial charge in [-0.1, -0.05) is 41.4 Å². The zero-order valence-corrected chi connectivity index (χ0v) is 13.9. The fourth-order valence-electron chi connectivity index (χ4n) is 2.15. The van der Waals surface area contributed by atoms with Crippen LogP contribution >= 0.6 is 23.2 Å². The topological polar surface area (TPSA) is 38.3 Å². The second-order valence-electron chi connectivity index (χ2n) is 4.98. The molecular formula is C17H17Cl2NO2. The number of halogens is 2. The van der Waals surface area contributed by atoms with E-state index in [1.54, 1.807) is 19.2 Å². The largest absolute Gasteiger partial charge is 0.497 e. The molecule has 0 radical (unpaired) electrons. The molecule has 0 saturated carbocycles. The summed E-state index contributed by atoms with van der Waals surface area (Å²) in [6.45, 7) is 1.89. The van der Waals surface area contributed by atoms with Gasteiger partial charge in [0.25, 0.3) is 0 Å². The molecule has 0 aliphatic heterocycles. The lowest BCUT2D eigenvalue weighted by Crippen LogP contribution is -2.28. The maximum atomic E-state index is 12.1. The lowest BCUT2D eigenvalue weighted by atomic mass is 10.1. The number of hydrogen-bond donors (Lipinski definition) is 1. The van der Waals surface area contributed by atoms with E-state index in [0.717, 1.165) is 16.9 Å². The highest BCUT2D eigenvalue weighted by Gasteiger charge is 2.13. The van der Waals surface area contributed by atoms with Crippen molar-refractivity contribution in [1.82, 2.24) is 5.32 Å². The van der Waals surface area contributed by atoms with Gasteiger partial charge in [0.2, 0.25) is 5.91 Å². The molecule has 0 bridgehead atoms. The third kappa shape index (κ3) is 4.39. The van der Waals surface area contributed by atoms with Gasteiger partial charge >= 0.3 is 0 Å². The van der Waals surface area contributed by atoms with E-state index in [0.29, 0.717) is 16.5 Å². The molecule has 5 heteroatoms. The highest BCUT2D eigenvalue weighted by Crippen LogP contribution is 2.26. The van der Waals surface area contributed by atoms with Crippen LogP contribution in [0.2, 0.25) is 10.0 Å². The second kappa shape index (κ2) is 7.52. The molecular weight excluding hydrogens is 321 g/mol. The van der Waals surface area contributed by atoms with Crippen molar-refractivity contribution >= 4 is 29.1 Å². The Morgan fingerprint density at radius 2 is 1.86 bits per heavy atom. The van der Waals surface area contributed by atoms with Crippen molar-refractivity contribution in [3.05, 3.63) is 63.6 Å². The summed E-state index contributed by atoms with van der Waals surface area (Å²) in [4.78, 5) is 12.1. The van der Waals surface area contributed by atoms with Crippen LogP contribution in [0.15, 0.2) is 42.5 Å². The molecule has 1 amide bonds. The molecule has 0 fully saturated rings. The fraction of sp³-hybridized carbons (Fsp3) is 0.235. The molecule has 0 spiro atoms. The molecule has 2 aromatic carbocycles. The minimum Gasteiger partial charge on any atom is -0.497 e. The van der Waals surface area contributed by atoms with Crippen molar-refractivity contribution in [2.75, 3.05) is 7.11 Å². The molecule has 2 aromatic rings. The van der Waals surface area contributed by atoms with Gasteiger partial charge in [-0.3, -0.25) is 4.79 Å². The van der Waals surface area contributed by atoms with Crippen molar-refractivity contribution in [2.24, 2.45) is 0 Å². The highest BCUT2D eigenvalue weighted by atomic mass is 35.5. The molecule has 0 aliphatic carbocycles. The number of carbonyl (C=O) groups excluding carboxylic acids is 1. The predicted octanol–water partition coefficient (Wildman–Crippen LogP) is 4.42. The Balaban J connectivity index is 1.98. The zero-order chi connectivity index (χ0) is 16.1. The van der Waals surface area contributed by atoms with E-state index in [-0.39, 0.29) is 11.9 Å². The summed E-state index contributed by atoms with van der Waals surface area (Å²) in [6, 6.07) is 12.5. The third-order valence-electron chi connectivity index (χ3n) is 3.33. The molecule has 0 saturated heterocycles. The molecule has 1 atom stereocenters. The zero-order valence-electron chi connectivity index (χ0n) is 12.4. The number of hydrogen-bond acceptors (Lipinski definition) is 2. The summed E-state index contributed by atoms with van der Waals surface area (Å²) >= 11 is 12.0. The summed E-state index contributed by atoms with van der Waals surface area (Å²) in [6.07, 6.45) is 0.305. The summed E-state index contributed by atoms with van der Waals surface area (Å²) in [5, 5.41) is 4.06. The van der Waals surface area contributed by atoms with Crippen LogP contribution in [-0.4, -0.2) is 13.0 Å². The number of methoxy groups -OCH3 is 1. The first kappa shape index (κ1) is 16.7. The molecule has 1 N–H and O–H groups in total. The number of benzene rings is 2. The molecule has 2 rings (SSSR count). The van der Waals surface area contributed by atoms with Crippen LogP contribution < -0.4 is 10.1 Å². The number of rotatable bonds is 5. The SMILES string of the molecule is COc1ccc(CC(=O)NC(C)c2ccc(Cl)cc2Cl)cc1. The van der Waals surface area contributed by atoms with Gasteiger partial charge in [0.05, 0.1) is 19.6 Å². The second-order valence-corrected chi connectivity index (χ2v) is 5.82. The van der Waals surface area contributed by atoms with Gasteiger partial charge in [-0.05, 0) is 42.3 Å². The van der Waals surface area contributed by atoms with E-state index in [2.05, 4.69) is 5.32 Å². The Kier molecular flexibility index (Phi) is 5.69. The van der Waals surface area contributed by atoms with Crippen molar-refractivity contribution < 1.29 is 9.53 Å². The average Bonchev–Trinajstić information content (AvgIpc) is 2.47. The molecule has 0 aromatic heterocycles. The highest BCUT2D eigenvalue weighted by molar-refractivity contribution is 6.35. The van der Waals surface area contributed by atoms with E-state index < -0.39 is 0 Å². The Morgan fingerprint density at radius 3 is 2.45 bits per heavy atom. The van der Waals surface area contributed by atoms with Crippen LogP contribution in [0.5, 0.6) is 5.75 Å². The van der Waals surface area contributed by atoms with E-state index in [1.807, 2.05) is 37.3 Å². The summed E-state index contributed by atoms with van der Waals surface area (Å²) in [5.74, 6) is 0.703. The van der Waals surface area contributed by atoms with Gasteiger partial charge in [-0.2, -0.15) is 0 Å². The van der Waals surface area contributed by atoms with Gasteiger partial charge in [0.1, 0.15) is 5.75 Å². The van der Waals surface area contributed by atoms with Crippen LogP contribution in [0, 0.1) is 0 Å². The molecule has 3 nitrogen and oxygen atoms in total. The fourth-order valence-corrected chi connectivity index (χ4v) is 2.72.